The van der Waals surface area contributed by atoms with Crippen molar-refractivity contribution in [2.45, 2.75) is 30.5 Å². The van der Waals surface area contributed by atoms with Crippen LogP contribution in [0.15, 0.2) is 43.0 Å². The minimum Gasteiger partial charge on any atom is -0.394 e. The molecule has 0 aliphatic carbocycles. The fourth-order valence-electron chi connectivity index (χ4n) is 2.72. The molecule has 4 N–H and O–H groups in total. The van der Waals surface area contributed by atoms with E-state index in [1.165, 1.54) is 6.33 Å². The number of ether oxygens (including phenoxy) is 1. The van der Waals surface area contributed by atoms with Crippen molar-refractivity contribution in [3.05, 3.63) is 48.5 Å². The van der Waals surface area contributed by atoms with Crippen LogP contribution in [0.25, 0.3) is 11.1 Å². The minimum absolute atomic E-state index is 0.451. The van der Waals surface area contributed by atoms with Crippen molar-refractivity contribution in [2.75, 3.05) is 6.61 Å². The van der Waals surface area contributed by atoms with E-state index in [4.69, 9.17) is 4.74 Å². The second kappa shape index (κ2) is 6.69. The summed E-state index contributed by atoms with van der Waals surface area (Å²) in [6.45, 7) is -0.451. The lowest BCUT2D eigenvalue weighted by Crippen LogP contribution is -2.55. The van der Waals surface area contributed by atoms with Crippen LogP contribution < -0.4 is 0 Å². The summed E-state index contributed by atoms with van der Waals surface area (Å²) in [6, 6.07) is 7.21. The molecule has 0 spiro atoms. The highest BCUT2D eigenvalue weighted by Gasteiger charge is 2.43. The van der Waals surface area contributed by atoms with Crippen molar-refractivity contribution in [3.8, 4) is 11.1 Å². The van der Waals surface area contributed by atoms with Gasteiger partial charge in [-0.2, -0.15) is 0 Å². The van der Waals surface area contributed by atoms with E-state index < -0.39 is 37.1 Å². The predicted molar refractivity (Wildman–Crippen MR) is 80.2 cm³/mol. The monoisotopic (exact) mass is 318 g/mol. The molecule has 1 aliphatic rings. The van der Waals surface area contributed by atoms with Crippen LogP contribution >= 0.6 is 0 Å². The Kier molecular flexibility index (Phi) is 4.65. The Hall–Kier alpha value is -1.90. The molecule has 0 amide bonds. The number of aromatic nitrogens is 2. The fourth-order valence-corrected chi connectivity index (χ4v) is 2.72. The number of hydrogen-bond donors (Lipinski definition) is 4. The normalized spacial score (nSPS) is 31.0. The van der Waals surface area contributed by atoms with Crippen LogP contribution in [0.4, 0.5) is 0 Å². The highest BCUT2D eigenvalue weighted by molar-refractivity contribution is 5.62. The van der Waals surface area contributed by atoms with Crippen molar-refractivity contribution < 1.29 is 25.2 Å². The van der Waals surface area contributed by atoms with Gasteiger partial charge < -0.3 is 25.2 Å². The zero-order valence-corrected chi connectivity index (χ0v) is 12.2. The van der Waals surface area contributed by atoms with Crippen LogP contribution in [0, 0.1) is 0 Å². The molecule has 5 atom stereocenters. The molecule has 3 rings (SSSR count). The summed E-state index contributed by atoms with van der Waals surface area (Å²) in [6.07, 6.45) is -1.07. The first kappa shape index (κ1) is 16.0. The average molecular weight is 318 g/mol. The quantitative estimate of drug-likeness (QED) is 0.612. The lowest BCUT2D eigenvalue weighted by atomic mass is 9.90. The Balaban J connectivity index is 1.92. The molecule has 1 aromatic carbocycles. The van der Waals surface area contributed by atoms with Crippen molar-refractivity contribution in [1.82, 2.24) is 9.97 Å². The summed E-state index contributed by atoms with van der Waals surface area (Å²) in [5, 5.41) is 39.2. The summed E-state index contributed by atoms with van der Waals surface area (Å²) in [5.41, 5.74) is 2.27. The van der Waals surface area contributed by atoms with Gasteiger partial charge in [0.15, 0.2) is 0 Å². The third-order valence-electron chi connectivity index (χ3n) is 4.00. The first-order valence-electron chi connectivity index (χ1n) is 7.27. The van der Waals surface area contributed by atoms with Gasteiger partial charge in [-0.3, -0.25) is 0 Å². The molecule has 1 aromatic heterocycles. The molecule has 2 aromatic rings. The van der Waals surface area contributed by atoms with Gasteiger partial charge in [0.05, 0.1) is 6.61 Å². The van der Waals surface area contributed by atoms with Gasteiger partial charge in [-0.05, 0) is 17.2 Å². The topological polar surface area (TPSA) is 116 Å². The lowest BCUT2D eigenvalue weighted by Gasteiger charge is -2.40. The molecule has 0 bridgehead atoms. The average Bonchev–Trinajstić information content (AvgIpc) is 2.61. The summed E-state index contributed by atoms with van der Waals surface area (Å²) >= 11 is 0. The molecule has 0 radical (unpaired) electrons. The van der Waals surface area contributed by atoms with E-state index in [1.807, 2.05) is 6.07 Å². The summed E-state index contributed by atoms with van der Waals surface area (Å²) in [5.74, 6) is 0. The van der Waals surface area contributed by atoms with E-state index in [-0.39, 0.29) is 0 Å². The first-order chi connectivity index (χ1) is 11.1. The standard InChI is InChI=1S/C16H18N2O5/c19-7-12-13(20)14(21)15(22)16(23-12)10-3-1-2-9(4-10)11-5-17-8-18-6-11/h1-6,8,12-16,19-22H,7H2. The van der Waals surface area contributed by atoms with E-state index in [0.717, 1.165) is 11.1 Å². The molecule has 5 unspecified atom stereocenters. The number of rotatable bonds is 3. The maximum absolute atomic E-state index is 10.2. The highest BCUT2D eigenvalue weighted by atomic mass is 16.5. The van der Waals surface area contributed by atoms with Gasteiger partial charge in [0.25, 0.3) is 0 Å². The van der Waals surface area contributed by atoms with Gasteiger partial charge in [0.1, 0.15) is 36.8 Å². The zero-order valence-electron chi connectivity index (χ0n) is 12.2. The number of aliphatic hydroxyl groups excluding tert-OH is 4. The molecule has 23 heavy (non-hydrogen) atoms. The molecule has 7 heteroatoms. The van der Waals surface area contributed by atoms with Gasteiger partial charge >= 0.3 is 0 Å². The van der Waals surface area contributed by atoms with Crippen LogP contribution in [0.5, 0.6) is 0 Å². The van der Waals surface area contributed by atoms with Crippen LogP contribution in [-0.2, 0) is 4.74 Å². The van der Waals surface area contributed by atoms with E-state index in [0.29, 0.717) is 5.56 Å². The Morgan fingerprint density at radius 3 is 2.39 bits per heavy atom. The third-order valence-corrected chi connectivity index (χ3v) is 4.00. The first-order valence-corrected chi connectivity index (χ1v) is 7.27. The number of benzene rings is 1. The summed E-state index contributed by atoms with van der Waals surface area (Å²) in [4.78, 5) is 7.94. The molecule has 122 valence electrons. The van der Waals surface area contributed by atoms with Crippen LogP contribution in [0.3, 0.4) is 0 Å². The maximum Gasteiger partial charge on any atom is 0.115 e. The summed E-state index contributed by atoms with van der Waals surface area (Å²) in [7, 11) is 0. The molecular weight excluding hydrogens is 300 g/mol. The second-order valence-electron chi connectivity index (χ2n) is 5.50. The van der Waals surface area contributed by atoms with Gasteiger partial charge in [0, 0.05) is 18.0 Å². The highest BCUT2D eigenvalue weighted by Crippen LogP contribution is 2.33. The van der Waals surface area contributed by atoms with E-state index in [1.54, 1.807) is 30.6 Å². The Morgan fingerprint density at radius 2 is 1.70 bits per heavy atom. The molecule has 0 saturated carbocycles. The number of nitrogens with zero attached hydrogens (tertiary/aromatic N) is 2. The van der Waals surface area contributed by atoms with Gasteiger partial charge in [-0.15, -0.1) is 0 Å². The van der Waals surface area contributed by atoms with Crippen LogP contribution in [0.2, 0.25) is 0 Å². The predicted octanol–water partition coefficient (Wildman–Crippen LogP) is -0.341. The Morgan fingerprint density at radius 1 is 0.957 bits per heavy atom. The molecular formula is C16H18N2O5. The molecule has 1 fully saturated rings. The molecule has 1 aliphatic heterocycles. The minimum atomic E-state index is -1.39. The van der Waals surface area contributed by atoms with E-state index in [2.05, 4.69) is 9.97 Å². The molecule has 7 nitrogen and oxygen atoms in total. The Bertz CT molecular complexity index is 652. The van der Waals surface area contributed by atoms with Crippen LogP contribution in [-0.4, -0.2) is 61.4 Å². The zero-order chi connectivity index (χ0) is 16.4. The summed E-state index contributed by atoms with van der Waals surface area (Å²) < 4.78 is 5.57. The maximum atomic E-state index is 10.2. The second-order valence-corrected chi connectivity index (χ2v) is 5.50. The fraction of sp³-hybridized carbons (Fsp3) is 0.375. The van der Waals surface area contributed by atoms with Gasteiger partial charge in [-0.1, -0.05) is 18.2 Å². The molecule has 2 heterocycles. The third kappa shape index (κ3) is 3.10. The largest absolute Gasteiger partial charge is 0.394 e. The number of aliphatic hydroxyl groups is 4. The van der Waals surface area contributed by atoms with Crippen LogP contribution in [0.1, 0.15) is 11.7 Å². The lowest BCUT2D eigenvalue weighted by molar-refractivity contribution is -0.231. The van der Waals surface area contributed by atoms with Gasteiger partial charge in [0.2, 0.25) is 0 Å². The van der Waals surface area contributed by atoms with Gasteiger partial charge in [-0.25, -0.2) is 9.97 Å². The number of hydrogen-bond acceptors (Lipinski definition) is 7. The van der Waals surface area contributed by atoms with E-state index >= 15 is 0 Å². The Labute approximate surface area is 132 Å². The molecule has 1 saturated heterocycles. The van der Waals surface area contributed by atoms with Crippen molar-refractivity contribution in [1.29, 1.82) is 0 Å². The SMILES string of the molecule is OCC1OC(c2cccc(-c3cncnc3)c2)C(O)C(O)C1O. The van der Waals surface area contributed by atoms with Crippen molar-refractivity contribution in [2.24, 2.45) is 0 Å². The van der Waals surface area contributed by atoms with E-state index in [9.17, 15) is 20.4 Å². The van der Waals surface area contributed by atoms with Crippen molar-refractivity contribution in [3.63, 3.8) is 0 Å². The van der Waals surface area contributed by atoms with Crippen molar-refractivity contribution >= 4 is 0 Å². The smallest absolute Gasteiger partial charge is 0.115 e.